The van der Waals surface area contributed by atoms with Crippen molar-refractivity contribution in [2.75, 3.05) is 5.73 Å². The minimum absolute atomic E-state index is 0.388. The summed E-state index contributed by atoms with van der Waals surface area (Å²) in [6, 6.07) is 8.37. The van der Waals surface area contributed by atoms with E-state index in [9.17, 15) is 0 Å². The first-order chi connectivity index (χ1) is 5.27. The van der Waals surface area contributed by atoms with E-state index in [0.29, 0.717) is 12.0 Å². The van der Waals surface area contributed by atoms with Crippen LogP contribution >= 0.6 is 0 Å². The summed E-state index contributed by atoms with van der Waals surface area (Å²) >= 11 is 0. The van der Waals surface area contributed by atoms with Crippen LogP contribution in [0.3, 0.4) is 0 Å². The Kier molecular flexibility index (Phi) is 1.36. The summed E-state index contributed by atoms with van der Waals surface area (Å²) in [5.74, 6) is 0.593. The molecular weight excluding hydrogens is 136 g/mol. The molecule has 2 heteroatoms. The maximum atomic E-state index is 5.71. The summed E-state index contributed by atoms with van der Waals surface area (Å²) in [7, 11) is 0. The van der Waals surface area contributed by atoms with Gasteiger partial charge in [-0.15, -0.1) is 0 Å². The molecule has 4 N–H and O–H groups in total. The van der Waals surface area contributed by atoms with Crippen molar-refractivity contribution in [1.82, 2.24) is 0 Å². The predicted octanol–water partition coefficient (Wildman–Crippen LogP) is 1.08. The van der Waals surface area contributed by atoms with E-state index in [4.69, 9.17) is 11.5 Å². The molecule has 0 spiro atoms. The minimum atomic E-state index is 0.388. The molecule has 1 aliphatic rings. The topological polar surface area (TPSA) is 52.0 Å². The van der Waals surface area contributed by atoms with Gasteiger partial charge in [0.15, 0.2) is 0 Å². The van der Waals surface area contributed by atoms with E-state index in [2.05, 4.69) is 12.1 Å². The average molecular weight is 148 g/mol. The largest absolute Gasteiger partial charge is 0.399 e. The standard InChI is InChI=1S/C9H12N2/c10-7-3-1-6(2-4-7)8-5-9(8)11/h1-4,8-9H,5,10-11H2/t8-,9-/m1/s1. The van der Waals surface area contributed by atoms with Gasteiger partial charge in [0, 0.05) is 17.6 Å². The summed E-state index contributed by atoms with van der Waals surface area (Å²) < 4.78 is 0. The Morgan fingerprint density at radius 1 is 1.18 bits per heavy atom. The molecule has 0 aliphatic heterocycles. The van der Waals surface area contributed by atoms with E-state index in [1.807, 2.05) is 12.1 Å². The quantitative estimate of drug-likeness (QED) is 0.585. The number of rotatable bonds is 1. The highest BCUT2D eigenvalue weighted by atomic mass is 14.7. The number of nitrogen functional groups attached to an aromatic ring is 1. The van der Waals surface area contributed by atoms with E-state index in [1.54, 1.807) is 0 Å². The predicted molar refractivity (Wildman–Crippen MR) is 46.2 cm³/mol. The Balaban J connectivity index is 2.21. The van der Waals surface area contributed by atoms with Crippen molar-refractivity contribution < 1.29 is 0 Å². The monoisotopic (exact) mass is 148 g/mol. The molecule has 0 radical (unpaired) electrons. The molecule has 0 amide bonds. The molecule has 58 valence electrons. The Hall–Kier alpha value is -1.02. The Morgan fingerprint density at radius 2 is 1.73 bits per heavy atom. The van der Waals surface area contributed by atoms with E-state index in [1.165, 1.54) is 5.56 Å². The van der Waals surface area contributed by atoms with Crippen molar-refractivity contribution in [1.29, 1.82) is 0 Å². The number of benzene rings is 1. The van der Waals surface area contributed by atoms with Gasteiger partial charge >= 0.3 is 0 Å². The van der Waals surface area contributed by atoms with Gasteiger partial charge in [0.25, 0.3) is 0 Å². The highest BCUT2D eigenvalue weighted by Crippen LogP contribution is 2.38. The summed E-state index contributed by atoms with van der Waals surface area (Å²) in [6.45, 7) is 0. The molecule has 2 rings (SSSR count). The second-order valence-corrected chi connectivity index (χ2v) is 3.17. The zero-order valence-electron chi connectivity index (χ0n) is 6.33. The average Bonchev–Trinajstić information content (AvgIpc) is 2.69. The van der Waals surface area contributed by atoms with Gasteiger partial charge in [-0.2, -0.15) is 0 Å². The van der Waals surface area contributed by atoms with E-state index in [-0.39, 0.29) is 0 Å². The third kappa shape index (κ3) is 1.21. The number of anilines is 1. The minimum Gasteiger partial charge on any atom is -0.399 e. The number of hydrogen-bond donors (Lipinski definition) is 2. The van der Waals surface area contributed by atoms with Crippen LogP contribution in [0.5, 0.6) is 0 Å². The van der Waals surface area contributed by atoms with Crippen LogP contribution in [-0.4, -0.2) is 6.04 Å². The van der Waals surface area contributed by atoms with Crippen molar-refractivity contribution in [2.45, 2.75) is 18.4 Å². The lowest BCUT2D eigenvalue weighted by Gasteiger charge is -1.97. The smallest absolute Gasteiger partial charge is 0.0314 e. The molecule has 1 aromatic carbocycles. The maximum absolute atomic E-state index is 5.71. The lowest BCUT2D eigenvalue weighted by atomic mass is 10.1. The Labute approximate surface area is 66.2 Å². The van der Waals surface area contributed by atoms with Crippen molar-refractivity contribution in [2.24, 2.45) is 5.73 Å². The third-order valence-corrected chi connectivity index (χ3v) is 2.20. The molecule has 1 fully saturated rings. The van der Waals surface area contributed by atoms with Crippen LogP contribution in [0, 0.1) is 0 Å². The van der Waals surface area contributed by atoms with Gasteiger partial charge in [-0.05, 0) is 24.1 Å². The fraction of sp³-hybridized carbons (Fsp3) is 0.333. The van der Waals surface area contributed by atoms with Crippen LogP contribution in [0.4, 0.5) is 5.69 Å². The molecule has 1 saturated carbocycles. The first-order valence-electron chi connectivity index (χ1n) is 3.88. The SMILES string of the molecule is Nc1ccc([C@H]2C[C@H]2N)cc1. The summed E-state index contributed by atoms with van der Waals surface area (Å²) in [5.41, 5.74) is 13.4. The second kappa shape index (κ2) is 2.24. The van der Waals surface area contributed by atoms with E-state index >= 15 is 0 Å². The molecule has 11 heavy (non-hydrogen) atoms. The first-order valence-corrected chi connectivity index (χ1v) is 3.88. The fourth-order valence-electron chi connectivity index (χ4n) is 1.34. The molecule has 0 unspecified atom stereocenters. The molecule has 0 bridgehead atoms. The zero-order chi connectivity index (χ0) is 7.84. The van der Waals surface area contributed by atoms with Crippen molar-refractivity contribution in [3.63, 3.8) is 0 Å². The van der Waals surface area contributed by atoms with Crippen LogP contribution in [0.1, 0.15) is 17.9 Å². The molecule has 0 aromatic heterocycles. The van der Waals surface area contributed by atoms with Crippen LogP contribution in [-0.2, 0) is 0 Å². The molecule has 1 aliphatic carbocycles. The maximum Gasteiger partial charge on any atom is 0.0314 e. The van der Waals surface area contributed by atoms with Gasteiger partial charge < -0.3 is 11.5 Å². The van der Waals surface area contributed by atoms with Crippen LogP contribution in [0.25, 0.3) is 0 Å². The Morgan fingerprint density at radius 3 is 2.18 bits per heavy atom. The highest BCUT2D eigenvalue weighted by molar-refractivity contribution is 5.41. The molecule has 2 atom stereocenters. The van der Waals surface area contributed by atoms with Crippen LogP contribution in [0.2, 0.25) is 0 Å². The lowest BCUT2D eigenvalue weighted by Crippen LogP contribution is -2.00. The Bertz CT molecular complexity index is 253. The van der Waals surface area contributed by atoms with Gasteiger partial charge in [0.05, 0.1) is 0 Å². The van der Waals surface area contributed by atoms with Crippen LogP contribution in [0.15, 0.2) is 24.3 Å². The molecule has 1 aromatic rings. The van der Waals surface area contributed by atoms with E-state index < -0.39 is 0 Å². The summed E-state index contributed by atoms with van der Waals surface area (Å²) in [4.78, 5) is 0. The van der Waals surface area contributed by atoms with Crippen molar-refractivity contribution in [3.05, 3.63) is 29.8 Å². The lowest BCUT2D eigenvalue weighted by molar-refractivity contribution is 0.991. The van der Waals surface area contributed by atoms with Gasteiger partial charge in [0.1, 0.15) is 0 Å². The molecule has 0 heterocycles. The second-order valence-electron chi connectivity index (χ2n) is 3.17. The number of hydrogen-bond acceptors (Lipinski definition) is 2. The van der Waals surface area contributed by atoms with Gasteiger partial charge in [-0.3, -0.25) is 0 Å². The first kappa shape index (κ1) is 6.68. The zero-order valence-corrected chi connectivity index (χ0v) is 6.33. The van der Waals surface area contributed by atoms with Gasteiger partial charge in [-0.1, -0.05) is 12.1 Å². The molecule has 0 saturated heterocycles. The van der Waals surface area contributed by atoms with Gasteiger partial charge in [-0.25, -0.2) is 0 Å². The highest BCUT2D eigenvalue weighted by Gasteiger charge is 2.34. The van der Waals surface area contributed by atoms with Crippen molar-refractivity contribution >= 4 is 5.69 Å². The van der Waals surface area contributed by atoms with Crippen molar-refractivity contribution in [3.8, 4) is 0 Å². The summed E-state index contributed by atoms with van der Waals surface area (Å²) in [5, 5.41) is 0. The molecular formula is C9H12N2. The number of nitrogens with two attached hydrogens (primary N) is 2. The van der Waals surface area contributed by atoms with Gasteiger partial charge in [0.2, 0.25) is 0 Å². The normalized spacial score (nSPS) is 28.5. The van der Waals surface area contributed by atoms with Crippen LogP contribution < -0.4 is 11.5 Å². The third-order valence-electron chi connectivity index (χ3n) is 2.20. The molecule has 2 nitrogen and oxygen atoms in total. The fourth-order valence-corrected chi connectivity index (χ4v) is 1.34. The van der Waals surface area contributed by atoms with E-state index in [0.717, 1.165) is 12.1 Å². The summed E-state index contributed by atoms with van der Waals surface area (Å²) in [6.07, 6.45) is 1.13.